The van der Waals surface area contributed by atoms with Crippen molar-refractivity contribution in [1.29, 1.82) is 0 Å². The number of thioether (sulfide) groups is 1. The maximum Gasteiger partial charge on any atom is 0.260 e. The van der Waals surface area contributed by atoms with Gasteiger partial charge in [-0.05, 0) is 30.9 Å². The Hall–Kier alpha value is -1.82. The van der Waals surface area contributed by atoms with Gasteiger partial charge in [-0.3, -0.25) is 9.78 Å². The van der Waals surface area contributed by atoms with Gasteiger partial charge in [0.05, 0.1) is 10.9 Å². The molecule has 2 heterocycles. The van der Waals surface area contributed by atoms with Crippen molar-refractivity contribution in [2.45, 2.75) is 12.1 Å². The van der Waals surface area contributed by atoms with E-state index in [0.717, 1.165) is 11.1 Å². The zero-order chi connectivity index (χ0) is 12.0. The van der Waals surface area contributed by atoms with Gasteiger partial charge < -0.3 is 0 Å². The van der Waals surface area contributed by atoms with Crippen molar-refractivity contribution in [2.75, 3.05) is 6.26 Å². The smallest absolute Gasteiger partial charge is 0.260 e. The molecule has 1 N–H and O–H groups in total. The monoisotopic (exact) mass is 246 g/mol. The highest BCUT2D eigenvalue weighted by Gasteiger charge is 2.09. The maximum absolute atomic E-state index is 11.9. The first-order valence-electron chi connectivity index (χ1n) is 5.12. The van der Waals surface area contributed by atoms with Crippen LogP contribution in [0.15, 0.2) is 28.2 Å². The van der Waals surface area contributed by atoms with Crippen LogP contribution in [0.1, 0.15) is 5.56 Å². The van der Waals surface area contributed by atoms with Crippen molar-refractivity contribution in [3.8, 4) is 0 Å². The first kappa shape index (κ1) is 10.3. The topological polar surface area (TPSA) is 63.0 Å². The van der Waals surface area contributed by atoms with Crippen LogP contribution in [-0.4, -0.2) is 25.8 Å². The highest BCUT2D eigenvalue weighted by atomic mass is 32.2. The Bertz CT molecular complexity index is 774. The molecule has 0 atom stereocenters. The normalized spacial score (nSPS) is 11.4. The number of fused-ring (bicyclic) bond motifs is 3. The largest absolute Gasteiger partial charge is 0.290 e. The van der Waals surface area contributed by atoms with E-state index in [9.17, 15) is 4.79 Å². The van der Waals surface area contributed by atoms with Gasteiger partial charge in [-0.2, -0.15) is 9.50 Å². The van der Waals surface area contributed by atoms with Crippen molar-refractivity contribution < 1.29 is 0 Å². The minimum Gasteiger partial charge on any atom is -0.290 e. The van der Waals surface area contributed by atoms with Gasteiger partial charge in [0.15, 0.2) is 0 Å². The van der Waals surface area contributed by atoms with Crippen LogP contribution in [0.4, 0.5) is 0 Å². The van der Waals surface area contributed by atoms with Crippen LogP contribution in [0, 0.1) is 6.92 Å². The third-order valence-electron chi connectivity index (χ3n) is 2.62. The predicted octanol–water partition coefficient (Wildman–Crippen LogP) is 1.60. The summed E-state index contributed by atoms with van der Waals surface area (Å²) < 4.78 is 1.68. The standard InChI is InChI=1S/C11H10N4OS/c1-6-3-4-7-8(5-6)15-10(12-9(7)16)13-11(14-15)17-2/h3-5H,1-2H3,(H,12,13,14,16). The van der Waals surface area contributed by atoms with E-state index < -0.39 is 0 Å². The molecule has 17 heavy (non-hydrogen) atoms. The van der Waals surface area contributed by atoms with Gasteiger partial charge in [-0.15, -0.1) is 5.10 Å². The fourth-order valence-corrected chi connectivity index (χ4v) is 2.15. The SMILES string of the molecule is CSc1nc2[nH]c(=O)c3ccc(C)cc3n2n1. The molecule has 0 aliphatic rings. The number of aromatic nitrogens is 4. The van der Waals surface area contributed by atoms with Crippen LogP contribution >= 0.6 is 11.8 Å². The minimum absolute atomic E-state index is 0.132. The Labute approximate surface area is 101 Å². The molecule has 86 valence electrons. The van der Waals surface area contributed by atoms with Crippen LogP contribution in [0.2, 0.25) is 0 Å². The molecule has 0 bridgehead atoms. The fourth-order valence-electron chi connectivity index (χ4n) is 1.81. The van der Waals surface area contributed by atoms with Crippen LogP contribution < -0.4 is 5.56 Å². The Kier molecular flexibility index (Phi) is 2.19. The third kappa shape index (κ3) is 1.52. The number of aromatic amines is 1. The van der Waals surface area contributed by atoms with Crippen molar-refractivity contribution in [1.82, 2.24) is 19.6 Å². The fraction of sp³-hybridized carbons (Fsp3) is 0.182. The van der Waals surface area contributed by atoms with E-state index in [1.165, 1.54) is 11.8 Å². The summed E-state index contributed by atoms with van der Waals surface area (Å²) in [5.41, 5.74) is 1.75. The van der Waals surface area contributed by atoms with E-state index >= 15 is 0 Å². The summed E-state index contributed by atoms with van der Waals surface area (Å²) in [4.78, 5) is 18.8. The van der Waals surface area contributed by atoms with E-state index in [4.69, 9.17) is 0 Å². The number of H-pyrrole nitrogens is 1. The third-order valence-corrected chi connectivity index (χ3v) is 3.16. The Morgan fingerprint density at radius 3 is 3.00 bits per heavy atom. The number of aryl methyl sites for hydroxylation is 1. The molecule has 2 aromatic heterocycles. The molecule has 0 aliphatic carbocycles. The maximum atomic E-state index is 11.9. The Morgan fingerprint density at radius 1 is 1.41 bits per heavy atom. The lowest BCUT2D eigenvalue weighted by Crippen LogP contribution is -2.10. The van der Waals surface area contributed by atoms with E-state index in [2.05, 4.69) is 15.1 Å². The Balaban J connectivity index is 2.55. The van der Waals surface area contributed by atoms with Gasteiger partial charge >= 0.3 is 0 Å². The number of hydrogen-bond acceptors (Lipinski definition) is 4. The van der Waals surface area contributed by atoms with Gasteiger partial charge in [0.2, 0.25) is 10.9 Å². The number of benzene rings is 1. The lowest BCUT2D eigenvalue weighted by atomic mass is 10.2. The quantitative estimate of drug-likeness (QED) is 0.662. The van der Waals surface area contributed by atoms with Crippen molar-refractivity contribution in [2.24, 2.45) is 0 Å². The summed E-state index contributed by atoms with van der Waals surface area (Å²) in [6.07, 6.45) is 1.90. The molecule has 0 fully saturated rings. The summed E-state index contributed by atoms with van der Waals surface area (Å²) in [6, 6.07) is 5.66. The highest BCUT2D eigenvalue weighted by molar-refractivity contribution is 7.98. The molecule has 0 aliphatic heterocycles. The molecule has 0 unspecified atom stereocenters. The molecule has 0 saturated carbocycles. The van der Waals surface area contributed by atoms with E-state index in [1.54, 1.807) is 4.52 Å². The van der Waals surface area contributed by atoms with Gasteiger partial charge in [0.25, 0.3) is 5.56 Å². The summed E-state index contributed by atoms with van der Waals surface area (Å²) in [6.45, 7) is 1.98. The van der Waals surface area contributed by atoms with Crippen LogP contribution in [0.5, 0.6) is 0 Å². The zero-order valence-electron chi connectivity index (χ0n) is 9.39. The lowest BCUT2D eigenvalue weighted by molar-refractivity contribution is 0.908. The lowest BCUT2D eigenvalue weighted by Gasteiger charge is -2.00. The first-order valence-corrected chi connectivity index (χ1v) is 6.35. The van der Waals surface area contributed by atoms with E-state index in [1.807, 2.05) is 31.4 Å². The molecule has 3 aromatic rings. The van der Waals surface area contributed by atoms with Crippen LogP contribution in [0.3, 0.4) is 0 Å². The molecular formula is C11H10N4OS. The molecule has 0 spiro atoms. The summed E-state index contributed by atoms with van der Waals surface area (Å²) in [7, 11) is 0. The number of hydrogen-bond donors (Lipinski definition) is 1. The molecule has 0 amide bonds. The second kappa shape index (κ2) is 3.59. The van der Waals surface area contributed by atoms with Gasteiger partial charge in [0, 0.05) is 0 Å². The summed E-state index contributed by atoms with van der Waals surface area (Å²) in [5.74, 6) is 0.484. The molecule has 0 radical (unpaired) electrons. The molecular weight excluding hydrogens is 236 g/mol. The van der Waals surface area contributed by atoms with Gasteiger partial charge in [-0.1, -0.05) is 17.8 Å². The molecule has 0 saturated heterocycles. The molecule has 6 heteroatoms. The highest BCUT2D eigenvalue weighted by Crippen LogP contribution is 2.15. The predicted molar refractivity (Wildman–Crippen MR) is 67.6 cm³/mol. The number of rotatable bonds is 1. The van der Waals surface area contributed by atoms with Gasteiger partial charge in [0.1, 0.15) is 0 Å². The van der Waals surface area contributed by atoms with Gasteiger partial charge in [-0.25, -0.2) is 0 Å². The van der Waals surface area contributed by atoms with Crippen molar-refractivity contribution >= 4 is 28.4 Å². The molecule has 5 nitrogen and oxygen atoms in total. The summed E-state index contributed by atoms with van der Waals surface area (Å²) >= 11 is 1.45. The average Bonchev–Trinajstić information content (AvgIpc) is 2.72. The van der Waals surface area contributed by atoms with Crippen LogP contribution in [0.25, 0.3) is 16.7 Å². The zero-order valence-corrected chi connectivity index (χ0v) is 10.2. The van der Waals surface area contributed by atoms with E-state index in [-0.39, 0.29) is 5.56 Å². The minimum atomic E-state index is -0.132. The molecule has 1 aromatic carbocycles. The number of nitrogens with one attached hydrogen (secondary N) is 1. The number of nitrogens with zero attached hydrogens (tertiary/aromatic N) is 3. The van der Waals surface area contributed by atoms with E-state index in [0.29, 0.717) is 16.3 Å². The Morgan fingerprint density at radius 2 is 2.24 bits per heavy atom. The second-order valence-corrected chi connectivity index (χ2v) is 4.58. The van der Waals surface area contributed by atoms with Crippen LogP contribution in [-0.2, 0) is 0 Å². The van der Waals surface area contributed by atoms with Crippen molar-refractivity contribution in [3.05, 3.63) is 34.1 Å². The van der Waals surface area contributed by atoms with Crippen molar-refractivity contribution in [3.63, 3.8) is 0 Å². The summed E-state index contributed by atoms with van der Waals surface area (Å²) in [5, 5.41) is 5.61. The second-order valence-electron chi connectivity index (χ2n) is 3.81. The average molecular weight is 246 g/mol. The first-order chi connectivity index (χ1) is 8.19. The molecule has 3 rings (SSSR count).